The Morgan fingerprint density at radius 2 is 2.06 bits per heavy atom. The lowest BCUT2D eigenvalue weighted by molar-refractivity contribution is 0.0600. The summed E-state index contributed by atoms with van der Waals surface area (Å²) < 4.78 is 9.74. The van der Waals surface area contributed by atoms with Gasteiger partial charge in [0.15, 0.2) is 0 Å². The summed E-state index contributed by atoms with van der Waals surface area (Å²) >= 11 is 0. The Kier molecular flexibility index (Phi) is 4.15. The third-order valence-corrected chi connectivity index (χ3v) is 2.31. The Balaban J connectivity index is 3.25. The second-order valence-electron chi connectivity index (χ2n) is 3.80. The minimum absolute atomic E-state index is 0.00718. The van der Waals surface area contributed by atoms with Crippen molar-refractivity contribution in [1.82, 2.24) is 0 Å². The number of hydrogen-bond acceptors (Lipinski definition) is 4. The fourth-order valence-corrected chi connectivity index (χ4v) is 1.53. The maximum Gasteiger partial charge on any atom is 0.338 e. The Bertz CT molecular complexity index is 449. The molecule has 0 aliphatic heterocycles. The van der Waals surface area contributed by atoms with Crippen LogP contribution in [0.2, 0.25) is 0 Å². The molecule has 0 bridgehead atoms. The molecule has 0 aromatic heterocycles. The number of methoxy groups -OCH3 is 2. The molecule has 0 heterocycles. The van der Waals surface area contributed by atoms with E-state index in [0.717, 1.165) is 5.57 Å². The molecule has 4 nitrogen and oxygen atoms in total. The topological polar surface area (TPSA) is 55.8 Å². The summed E-state index contributed by atoms with van der Waals surface area (Å²) in [7, 11) is 2.77. The summed E-state index contributed by atoms with van der Waals surface area (Å²) in [6, 6.07) is 2.91. The van der Waals surface area contributed by atoms with Gasteiger partial charge in [-0.15, -0.1) is 0 Å². The van der Waals surface area contributed by atoms with Crippen LogP contribution < -0.4 is 4.74 Å². The van der Waals surface area contributed by atoms with Crippen molar-refractivity contribution in [3.63, 3.8) is 0 Å². The van der Waals surface area contributed by atoms with E-state index in [1.54, 1.807) is 6.07 Å². The average molecular weight is 236 g/mol. The fraction of sp³-hybridized carbons (Fsp3) is 0.308. The van der Waals surface area contributed by atoms with Crippen LogP contribution in [0.3, 0.4) is 0 Å². The molecule has 1 aromatic carbocycles. The van der Waals surface area contributed by atoms with Gasteiger partial charge >= 0.3 is 5.97 Å². The number of carbonyl (C=O) groups excluding carboxylic acids is 1. The molecule has 0 aliphatic rings. The van der Waals surface area contributed by atoms with Gasteiger partial charge in [0.05, 0.1) is 19.8 Å². The molecule has 0 radical (unpaired) electrons. The van der Waals surface area contributed by atoms with Gasteiger partial charge < -0.3 is 14.6 Å². The van der Waals surface area contributed by atoms with Crippen LogP contribution in [-0.4, -0.2) is 25.3 Å². The van der Waals surface area contributed by atoms with E-state index in [4.69, 9.17) is 4.74 Å². The third-order valence-electron chi connectivity index (χ3n) is 2.31. The number of benzene rings is 1. The van der Waals surface area contributed by atoms with Crippen molar-refractivity contribution in [2.75, 3.05) is 14.2 Å². The van der Waals surface area contributed by atoms with Gasteiger partial charge in [-0.25, -0.2) is 4.79 Å². The highest BCUT2D eigenvalue weighted by Crippen LogP contribution is 2.31. The van der Waals surface area contributed by atoms with Crippen molar-refractivity contribution in [3.8, 4) is 11.5 Å². The first-order chi connectivity index (χ1) is 7.99. The molecule has 0 spiro atoms. The molecular weight excluding hydrogens is 220 g/mol. The lowest BCUT2D eigenvalue weighted by Gasteiger charge is -2.12. The molecule has 92 valence electrons. The predicted octanol–water partition coefficient (Wildman–Crippen LogP) is 2.31. The predicted molar refractivity (Wildman–Crippen MR) is 64.5 cm³/mol. The highest BCUT2D eigenvalue weighted by atomic mass is 16.5. The highest BCUT2D eigenvalue weighted by Gasteiger charge is 2.15. The van der Waals surface area contributed by atoms with E-state index in [2.05, 4.69) is 11.3 Å². The first-order valence-electron chi connectivity index (χ1n) is 5.12. The smallest absolute Gasteiger partial charge is 0.338 e. The molecule has 0 saturated heterocycles. The second kappa shape index (κ2) is 5.39. The van der Waals surface area contributed by atoms with Crippen LogP contribution in [0.5, 0.6) is 11.5 Å². The lowest BCUT2D eigenvalue weighted by atomic mass is 10.0. The van der Waals surface area contributed by atoms with Gasteiger partial charge in [0.1, 0.15) is 11.5 Å². The summed E-state index contributed by atoms with van der Waals surface area (Å²) in [5.74, 6) is -0.0541. The molecule has 0 aliphatic carbocycles. The molecular formula is C13H16O4. The normalized spacial score (nSPS) is 9.82. The largest absolute Gasteiger partial charge is 0.507 e. The Hall–Kier alpha value is -1.97. The molecule has 17 heavy (non-hydrogen) atoms. The number of esters is 1. The van der Waals surface area contributed by atoms with Gasteiger partial charge in [-0.2, -0.15) is 0 Å². The summed E-state index contributed by atoms with van der Waals surface area (Å²) in [6.45, 7) is 5.64. The van der Waals surface area contributed by atoms with Crippen molar-refractivity contribution in [1.29, 1.82) is 0 Å². The molecule has 0 saturated carbocycles. The van der Waals surface area contributed by atoms with Crippen LogP contribution in [0.4, 0.5) is 0 Å². The van der Waals surface area contributed by atoms with E-state index in [-0.39, 0.29) is 11.3 Å². The van der Waals surface area contributed by atoms with E-state index in [1.165, 1.54) is 20.3 Å². The van der Waals surface area contributed by atoms with E-state index in [1.807, 2.05) is 6.92 Å². The maximum absolute atomic E-state index is 11.4. The number of phenolic OH excluding ortho intramolecular Hbond substituents is 1. The third kappa shape index (κ3) is 3.00. The van der Waals surface area contributed by atoms with Crippen LogP contribution >= 0.6 is 0 Å². The first-order valence-corrected chi connectivity index (χ1v) is 5.12. The molecule has 4 heteroatoms. The Morgan fingerprint density at radius 3 is 2.53 bits per heavy atom. The van der Waals surface area contributed by atoms with Gasteiger partial charge in [0.25, 0.3) is 0 Å². The van der Waals surface area contributed by atoms with Gasteiger partial charge in [-0.3, -0.25) is 0 Å². The zero-order valence-corrected chi connectivity index (χ0v) is 10.2. The van der Waals surface area contributed by atoms with E-state index < -0.39 is 5.97 Å². The minimum atomic E-state index is -0.513. The number of carbonyl (C=O) groups is 1. The number of phenols is 1. The lowest BCUT2D eigenvalue weighted by Crippen LogP contribution is -2.03. The summed E-state index contributed by atoms with van der Waals surface area (Å²) in [6.07, 6.45) is 0.496. The number of aromatic hydroxyl groups is 1. The van der Waals surface area contributed by atoms with Gasteiger partial charge in [-0.05, 0) is 19.1 Å². The van der Waals surface area contributed by atoms with Crippen LogP contribution in [0.15, 0.2) is 24.3 Å². The van der Waals surface area contributed by atoms with Crippen molar-refractivity contribution in [3.05, 3.63) is 35.4 Å². The molecule has 1 N–H and O–H groups in total. The minimum Gasteiger partial charge on any atom is -0.507 e. The molecule has 0 amide bonds. The van der Waals surface area contributed by atoms with Crippen molar-refractivity contribution in [2.24, 2.45) is 0 Å². The first kappa shape index (κ1) is 13.1. The standard InChI is InChI=1S/C13H16O4/c1-8(2)5-10-11(14)6-9(13(15)17-4)7-12(10)16-3/h6-7,14H,1,5H2,2-4H3. The summed E-state index contributed by atoms with van der Waals surface area (Å²) in [5.41, 5.74) is 1.77. The van der Waals surface area contributed by atoms with Crippen molar-refractivity contribution in [2.45, 2.75) is 13.3 Å². The van der Waals surface area contributed by atoms with Crippen LogP contribution in [0.1, 0.15) is 22.8 Å². The van der Waals surface area contributed by atoms with E-state index >= 15 is 0 Å². The number of rotatable bonds is 4. The molecule has 1 rings (SSSR count). The van der Waals surface area contributed by atoms with Gasteiger partial charge in [-0.1, -0.05) is 12.2 Å². The zero-order valence-electron chi connectivity index (χ0n) is 10.2. The maximum atomic E-state index is 11.4. The molecule has 0 unspecified atom stereocenters. The zero-order chi connectivity index (χ0) is 13.0. The SMILES string of the molecule is C=C(C)Cc1c(O)cc(C(=O)OC)cc1OC. The van der Waals surface area contributed by atoms with Gasteiger partial charge in [0.2, 0.25) is 0 Å². The van der Waals surface area contributed by atoms with Crippen LogP contribution in [-0.2, 0) is 11.2 Å². The molecule has 0 fully saturated rings. The van der Waals surface area contributed by atoms with E-state index in [0.29, 0.717) is 17.7 Å². The quantitative estimate of drug-likeness (QED) is 0.643. The molecule has 1 aromatic rings. The summed E-state index contributed by atoms with van der Waals surface area (Å²) in [5, 5.41) is 9.87. The Labute approximate surface area is 100 Å². The van der Waals surface area contributed by atoms with Crippen LogP contribution in [0, 0.1) is 0 Å². The van der Waals surface area contributed by atoms with E-state index in [9.17, 15) is 9.90 Å². The summed E-state index contributed by atoms with van der Waals surface area (Å²) in [4.78, 5) is 11.4. The fourth-order valence-electron chi connectivity index (χ4n) is 1.53. The highest BCUT2D eigenvalue weighted by molar-refractivity contribution is 5.90. The van der Waals surface area contributed by atoms with Crippen molar-refractivity contribution >= 4 is 5.97 Å². The number of allylic oxidation sites excluding steroid dienone is 1. The monoisotopic (exact) mass is 236 g/mol. The molecule has 0 atom stereocenters. The number of hydrogen-bond donors (Lipinski definition) is 1. The average Bonchev–Trinajstić information content (AvgIpc) is 2.29. The Morgan fingerprint density at radius 1 is 1.41 bits per heavy atom. The van der Waals surface area contributed by atoms with Gasteiger partial charge in [0, 0.05) is 12.0 Å². The van der Waals surface area contributed by atoms with Crippen LogP contribution in [0.25, 0.3) is 0 Å². The second-order valence-corrected chi connectivity index (χ2v) is 3.80. The van der Waals surface area contributed by atoms with Crippen molar-refractivity contribution < 1.29 is 19.4 Å². The number of ether oxygens (including phenoxy) is 2.